The molecule has 6 rings (SSSR count). The molecule has 0 spiro atoms. The maximum Gasteiger partial charge on any atom is 0.257 e. The largest absolute Gasteiger partial charge is 0.338 e. The number of hydrogen-bond donors (Lipinski definition) is 1. The number of hydrogen-bond acceptors (Lipinski definition) is 4. The number of aromatic amines is 1. The van der Waals surface area contributed by atoms with Gasteiger partial charge in [-0.3, -0.25) is 9.59 Å². The minimum atomic E-state index is -0.0476. The van der Waals surface area contributed by atoms with Gasteiger partial charge in [-0.1, -0.05) is 54.6 Å². The molecule has 0 radical (unpaired) electrons. The fourth-order valence-electron chi connectivity index (χ4n) is 4.98. The van der Waals surface area contributed by atoms with Crippen LogP contribution < -0.4 is 0 Å². The first kappa shape index (κ1) is 21.3. The minimum Gasteiger partial charge on any atom is -0.338 e. The molecule has 1 N–H and O–H groups in total. The average Bonchev–Trinajstić information content (AvgIpc) is 3.62. The molecule has 2 amide bonds. The smallest absolute Gasteiger partial charge is 0.257 e. The molecule has 0 aliphatic carbocycles. The quantitative estimate of drug-likeness (QED) is 0.484. The first-order valence-corrected chi connectivity index (χ1v) is 11.9. The van der Waals surface area contributed by atoms with E-state index in [0.717, 1.165) is 23.1 Å². The first-order valence-electron chi connectivity index (χ1n) is 11.9. The second kappa shape index (κ2) is 8.83. The summed E-state index contributed by atoms with van der Waals surface area (Å²) in [6.45, 7) is 1.88. The Morgan fingerprint density at radius 1 is 0.886 bits per heavy atom. The minimum absolute atomic E-state index is 0.0476. The van der Waals surface area contributed by atoms with Gasteiger partial charge < -0.3 is 9.80 Å². The monoisotopic (exact) mass is 463 g/mol. The van der Waals surface area contributed by atoms with Gasteiger partial charge in [0.2, 0.25) is 5.91 Å². The molecule has 1 aromatic heterocycles. The summed E-state index contributed by atoms with van der Waals surface area (Å²) in [6.07, 6.45) is 3.14. The fraction of sp³-hybridized carbons (Fsp3) is 0.214. The van der Waals surface area contributed by atoms with Crippen molar-refractivity contribution >= 4 is 22.8 Å². The number of H-pyrrole nitrogens is 1. The van der Waals surface area contributed by atoms with E-state index in [4.69, 9.17) is 0 Å². The van der Waals surface area contributed by atoms with E-state index in [-0.39, 0.29) is 17.7 Å². The van der Waals surface area contributed by atoms with E-state index in [9.17, 15) is 9.59 Å². The topological polar surface area (TPSA) is 82.2 Å². The second-order valence-corrected chi connectivity index (χ2v) is 9.22. The Morgan fingerprint density at radius 3 is 2.46 bits per heavy atom. The van der Waals surface area contributed by atoms with Crippen LogP contribution >= 0.6 is 0 Å². The van der Waals surface area contributed by atoms with Crippen molar-refractivity contribution in [1.29, 1.82) is 0 Å². The predicted molar refractivity (Wildman–Crippen MR) is 133 cm³/mol. The van der Waals surface area contributed by atoms with Gasteiger partial charge in [0.05, 0.1) is 0 Å². The highest BCUT2D eigenvalue weighted by atomic mass is 16.2. The van der Waals surface area contributed by atoms with Gasteiger partial charge in [0.25, 0.3) is 5.91 Å². The van der Waals surface area contributed by atoms with E-state index in [1.807, 2.05) is 29.3 Å². The van der Waals surface area contributed by atoms with E-state index >= 15 is 0 Å². The Hall–Kier alpha value is -4.26. The number of rotatable bonds is 5. The highest BCUT2D eigenvalue weighted by Crippen LogP contribution is 2.31. The molecule has 174 valence electrons. The lowest BCUT2D eigenvalue weighted by atomic mass is 10.0. The molecule has 7 heteroatoms. The molecule has 35 heavy (non-hydrogen) atoms. The van der Waals surface area contributed by atoms with Crippen LogP contribution in [0.5, 0.6) is 0 Å². The lowest BCUT2D eigenvalue weighted by molar-refractivity contribution is -0.130. The summed E-state index contributed by atoms with van der Waals surface area (Å²) in [6, 6.07) is 24.1. The van der Waals surface area contributed by atoms with Gasteiger partial charge in [-0.05, 0) is 46.9 Å². The van der Waals surface area contributed by atoms with E-state index in [2.05, 4.69) is 51.8 Å². The number of fused-ring (bicyclic) bond motifs is 2. The highest BCUT2D eigenvalue weighted by molar-refractivity contribution is 5.98. The van der Waals surface area contributed by atoms with Gasteiger partial charge in [-0.2, -0.15) is 15.4 Å². The zero-order chi connectivity index (χ0) is 23.8. The number of nitrogens with one attached hydrogen (secondary N) is 1. The molecule has 4 aromatic rings. The van der Waals surface area contributed by atoms with Crippen molar-refractivity contribution in [2.45, 2.75) is 12.8 Å². The Labute approximate surface area is 203 Å². The summed E-state index contributed by atoms with van der Waals surface area (Å²) < 4.78 is 0. The van der Waals surface area contributed by atoms with Crippen LogP contribution in [0.15, 0.2) is 84.6 Å². The van der Waals surface area contributed by atoms with Gasteiger partial charge in [0.1, 0.15) is 11.0 Å². The normalized spacial score (nSPS) is 17.0. The zero-order valence-corrected chi connectivity index (χ0v) is 19.2. The molecule has 3 aromatic carbocycles. The summed E-state index contributed by atoms with van der Waals surface area (Å²) in [4.78, 5) is 29.5. The number of carbonyl (C=O) groups is 2. The number of likely N-dealkylation sites (tertiary alicyclic amines) is 1. The van der Waals surface area contributed by atoms with Gasteiger partial charge in [0, 0.05) is 43.7 Å². The molecule has 0 saturated carbocycles. The van der Waals surface area contributed by atoms with Crippen LogP contribution in [-0.2, 0) is 11.2 Å². The Kier molecular flexibility index (Phi) is 5.37. The molecule has 0 bridgehead atoms. The van der Waals surface area contributed by atoms with Crippen LogP contribution in [0.2, 0.25) is 0 Å². The summed E-state index contributed by atoms with van der Waals surface area (Å²) in [5.74, 6) is 0.333. The van der Waals surface area contributed by atoms with Gasteiger partial charge in [-0.25, -0.2) is 0 Å². The number of carbonyl (C=O) groups excluding carboxylic acids is 2. The fourth-order valence-corrected chi connectivity index (χ4v) is 4.98. The van der Waals surface area contributed by atoms with Crippen molar-refractivity contribution in [3.05, 3.63) is 95.7 Å². The van der Waals surface area contributed by atoms with Crippen molar-refractivity contribution in [1.82, 2.24) is 25.2 Å². The van der Waals surface area contributed by atoms with Crippen molar-refractivity contribution in [3.63, 3.8) is 0 Å². The maximum atomic E-state index is 13.0. The molecule has 3 heterocycles. The van der Waals surface area contributed by atoms with E-state index in [1.165, 1.54) is 11.1 Å². The molecule has 1 saturated heterocycles. The Balaban J connectivity index is 1.04. The summed E-state index contributed by atoms with van der Waals surface area (Å²) >= 11 is 0. The lowest BCUT2D eigenvalue weighted by Crippen LogP contribution is -2.33. The van der Waals surface area contributed by atoms with Crippen LogP contribution in [0.4, 0.5) is 0 Å². The van der Waals surface area contributed by atoms with Crippen molar-refractivity contribution in [3.8, 4) is 11.1 Å². The Morgan fingerprint density at radius 2 is 1.66 bits per heavy atom. The average molecular weight is 464 g/mol. The molecule has 7 nitrogen and oxygen atoms in total. The summed E-state index contributed by atoms with van der Waals surface area (Å²) in [5.41, 5.74) is 6.69. The predicted octanol–water partition coefficient (Wildman–Crippen LogP) is 4.06. The van der Waals surface area contributed by atoms with Gasteiger partial charge in [0.15, 0.2) is 0 Å². The molecule has 1 fully saturated rings. The molecular weight excluding hydrogens is 438 g/mol. The number of amides is 2. The van der Waals surface area contributed by atoms with Crippen LogP contribution in [0.3, 0.4) is 0 Å². The molecule has 2 aliphatic rings. The molecule has 2 aliphatic heterocycles. The third kappa shape index (κ3) is 4.21. The van der Waals surface area contributed by atoms with Crippen LogP contribution in [-0.4, -0.2) is 56.7 Å². The molecule has 1 atom stereocenters. The van der Waals surface area contributed by atoms with Gasteiger partial charge >= 0.3 is 0 Å². The van der Waals surface area contributed by atoms with Crippen LogP contribution in [0.1, 0.15) is 22.3 Å². The highest BCUT2D eigenvalue weighted by Gasteiger charge is 2.37. The lowest BCUT2D eigenvalue weighted by Gasteiger charge is -2.20. The molecule has 0 unspecified atom stereocenters. The third-order valence-corrected chi connectivity index (χ3v) is 6.94. The molecular formula is C28H25N5O2. The van der Waals surface area contributed by atoms with Crippen molar-refractivity contribution in [2.24, 2.45) is 5.92 Å². The Bertz CT molecular complexity index is 1420. The zero-order valence-electron chi connectivity index (χ0n) is 19.2. The summed E-state index contributed by atoms with van der Waals surface area (Å²) in [7, 11) is 0. The standard InChI is InChI=1S/C28H25N5O2/c34-27(13-8-19-6-9-21(10-7-19)20-4-2-1-3-5-20)32-15-23-17-33(18-24(23)16-32)28(35)22-11-12-25-26(14-22)30-31-29-25/h1-7,9-12,14,17,24H,8,13,15-16,18H2,(H,29,30,31)/t24-/m1/s1. The van der Waals surface area contributed by atoms with Crippen molar-refractivity contribution < 1.29 is 9.59 Å². The van der Waals surface area contributed by atoms with E-state index in [0.29, 0.717) is 37.1 Å². The van der Waals surface area contributed by atoms with Gasteiger partial charge in [-0.15, -0.1) is 0 Å². The number of aromatic nitrogens is 3. The summed E-state index contributed by atoms with van der Waals surface area (Å²) in [5, 5.41) is 10.7. The van der Waals surface area contributed by atoms with E-state index < -0.39 is 0 Å². The number of aryl methyl sites for hydroxylation is 1. The SMILES string of the molecule is O=C(c1ccc2n[nH]nc2c1)N1C=C2CN(C(=O)CCc3ccc(-c4ccccc4)cc3)C[C@@H]2C1. The number of benzene rings is 3. The van der Waals surface area contributed by atoms with Crippen molar-refractivity contribution in [2.75, 3.05) is 19.6 Å². The van der Waals surface area contributed by atoms with E-state index in [1.54, 1.807) is 23.1 Å². The second-order valence-electron chi connectivity index (χ2n) is 9.22. The first-order chi connectivity index (χ1) is 17.1. The third-order valence-electron chi connectivity index (χ3n) is 6.94. The maximum absolute atomic E-state index is 13.0. The van der Waals surface area contributed by atoms with Crippen LogP contribution in [0.25, 0.3) is 22.2 Å². The van der Waals surface area contributed by atoms with Crippen LogP contribution in [0, 0.1) is 5.92 Å². The number of nitrogens with zero attached hydrogens (tertiary/aromatic N) is 4.